The van der Waals surface area contributed by atoms with Crippen molar-refractivity contribution < 1.29 is 13.7 Å². The third-order valence-corrected chi connectivity index (χ3v) is 5.73. The molecule has 1 aliphatic rings. The lowest BCUT2D eigenvalue weighted by Gasteiger charge is -2.26. The Morgan fingerprint density at radius 2 is 2.13 bits per heavy atom. The van der Waals surface area contributed by atoms with Crippen molar-refractivity contribution in [3.63, 3.8) is 0 Å². The van der Waals surface area contributed by atoms with Gasteiger partial charge >= 0.3 is 0 Å². The van der Waals surface area contributed by atoms with E-state index in [0.717, 1.165) is 12.2 Å². The van der Waals surface area contributed by atoms with Crippen molar-refractivity contribution in [2.24, 2.45) is 0 Å². The van der Waals surface area contributed by atoms with E-state index in [4.69, 9.17) is 4.74 Å². The molecule has 1 aliphatic heterocycles. The van der Waals surface area contributed by atoms with Gasteiger partial charge in [-0.25, -0.2) is 0 Å². The Hall–Kier alpha value is -1.36. The molecule has 0 aliphatic carbocycles. The van der Waals surface area contributed by atoms with Crippen molar-refractivity contribution in [2.45, 2.75) is 46.1 Å². The molecular weight excluding hydrogens is 310 g/mol. The highest BCUT2D eigenvalue weighted by atomic mass is 32.2. The molecule has 0 radical (unpaired) electrons. The summed E-state index contributed by atoms with van der Waals surface area (Å²) in [4.78, 5) is 14.2. The minimum atomic E-state index is -0.800. The van der Waals surface area contributed by atoms with Crippen molar-refractivity contribution in [2.75, 3.05) is 24.7 Å². The molecule has 0 bridgehead atoms. The number of aryl methyl sites for hydroxylation is 1. The third-order valence-electron chi connectivity index (χ3n) is 4.40. The molecule has 128 valence electrons. The molecule has 1 amide bonds. The quantitative estimate of drug-likeness (QED) is 0.849. The van der Waals surface area contributed by atoms with Crippen LogP contribution < -0.4 is 4.74 Å². The van der Waals surface area contributed by atoms with Crippen LogP contribution in [0.3, 0.4) is 0 Å². The minimum Gasteiger partial charge on any atom is -0.484 e. The molecule has 2 rings (SSSR count). The fourth-order valence-corrected chi connectivity index (χ4v) is 4.17. The summed E-state index contributed by atoms with van der Waals surface area (Å²) in [5.41, 5.74) is 2.48. The Morgan fingerprint density at radius 1 is 1.39 bits per heavy atom. The third kappa shape index (κ3) is 4.80. The Balaban J connectivity index is 1.96. The first-order chi connectivity index (χ1) is 10.9. The van der Waals surface area contributed by atoms with Crippen LogP contribution in [0.15, 0.2) is 18.2 Å². The van der Waals surface area contributed by atoms with E-state index < -0.39 is 10.8 Å². The maximum absolute atomic E-state index is 12.4. The summed E-state index contributed by atoms with van der Waals surface area (Å²) in [6.45, 7) is 9.01. The SMILES string of the molecule is Cc1cc(OCC(=O)N2CC[S@](=O)CC[C@H]2C)ccc1C(C)C. The van der Waals surface area contributed by atoms with Gasteiger partial charge in [0.1, 0.15) is 5.75 Å². The number of amides is 1. The second-order valence-corrected chi connectivity index (χ2v) is 8.23. The first-order valence-electron chi connectivity index (χ1n) is 8.26. The lowest BCUT2D eigenvalue weighted by molar-refractivity contribution is -0.135. The smallest absolute Gasteiger partial charge is 0.260 e. The van der Waals surface area contributed by atoms with Gasteiger partial charge in [-0.3, -0.25) is 9.00 Å². The molecule has 23 heavy (non-hydrogen) atoms. The lowest BCUT2D eigenvalue weighted by atomic mass is 9.98. The minimum absolute atomic E-state index is 0.0259. The van der Waals surface area contributed by atoms with Gasteiger partial charge in [0.15, 0.2) is 6.61 Å². The van der Waals surface area contributed by atoms with Gasteiger partial charge in [-0.15, -0.1) is 0 Å². The van der Waals surface area contributed by atoms with E-state index in [0.29, 0.717) is 24.0 Å². The molecule has 1 saturated heterocycles. The van der Waals surface area contributed by atoms with Gasteiger partial charge in [-0.2, -0.15) is 0 Å². The van der Waals surface area contributed by atoms with Crippen LogP contribution in [-0.2, 0) is 15.6 Å². The summed E-state index contributed by atoms with van der Waals surface area (Å²) in [5, 5.41) is 0. The number of benzene rings is 1. The zero-order valence-electron chi connectivity index (χ0n) is 14.5. The number of hydrogen-bond donors (Lipinski definition) is 0. The first kappa shape index (κ1) is 18.0. The lowest BCUT2D eigenvalue weighted by Crippen LogP contribution is -2.42. The van der Waals surface area contributed by atoms with E-state index in [9.17, 15) is 9.00 Å². The van der Waals surface area contributed by atoms with Crippen molar-refractivity contribution in [3.05, 3.63) is 29.3 Å². The summed E-state index contributed by atoms with van der Waals surface area (Å²) < 4.78 is 17.3. The van der Waals surface area contributed by atoms with Crippen molar-refractivity contribution in [1.82, 2.24) is 4.90 Å². The number of carbonyl (C=O) groups is 1. The van der Waals surface area contributed by atoms with Crippen LogP contribution in [0.25, 0.3) is 0 Å². The Bertz CT molecular complexity index is 586. The zero-order chi connectivity index (χ0) is 17.0. The van der Waals surface area contributed by atoms with Gasteiger partial charge in [-0.05, 0) is 49.4 Å². The molecule has 4 nitrogen and oxygen atoms in total. The highest BCUT2D eigenvalue weighted by molar-refractivity contribution is 7.85. The summed E-state index contributed by atoms with van der Waals surface area (Å²) in [6.07, 6.45) is 0.792. The summed E-state index contributed by atoms with van der Waals surface area (Å²) in [5.74, 6) is 2.43. The average molecular weight is 337 g/mol. The molecule has 0 saturated carbocycles. The zero-order valence-corrected chi connectivity index (χ0v) is 15.3. The number of rotatable bonds is 4. The maximum atomic E-state index is 12.4. The van der Waals surface area contributed by atoms with E-state index in [1.54, 1.807) is 4.90 Å². The molecule has 1 aromatic carbocycles. The molecular formula is C18H27NO3S. The van der Waals surface area contributed by atoms with E-state index in [-0.39, 0.29) is 18.6 Å². The number of hydrogen-bond acceptors (Lipinski definition) is 3. The van der Waals surface area contributed by atoms with Crippen molar-refractivity contribution in [3.8, 4) is 5.75 Å². The Labute approximate surface area is 141 Å². The van der Waals surface area contributed by atoms with Gasteiger partial charge in [0.05, 0.1) is 0 Å². The number of carbonyl (C=O) groups excluding carboxylic acids is 1. The van der Waals surface area contributed by atoms with Crippen LogP contribution >= 0.6 is 0 Å². The largest absolute Gasteiger partial charge is 0.484 e. The summed E-state index contributed by atoms with van der Waals surface area (Å²) >= 11 is 0. The summed E-state index contributed by atoms with van der Waals surface area (Å²) in [6, 6.07) is 6.11. The van der Waals surface area contributed by atoms with Gasteiger partial charge in [0.25, 0.3) is 5.91 Å². The van der Waals surface area contributed by atoms with Crippen molar-refractivity contribution in [1.29, 1.82) is 0 Å². The molecule has 0 N–H and O–H groups in total. The van der Waals surface area contributed by atoms with Crippen LogP contribution in [0.1, 0.15) is 44.2 Å². The van der Waals surface area contributed by atoms with Gasteiger partial charge in [0, 0.05) is 34.9 Å². The van der Waals surface area contributed by atoms with Crippen LogP contribution in [0, 0.1) is 6.92 Å². The van der Waals surface area contributed by atoms with Crippen LogP contribution in [0.2, 0.25) is 0 Å². The van der Waals surface area contributed by atoms with E-state index >= 15 is 0 Å². The fourth-order valence-electron chi connectivity index (χ4n) is 2.96. The topological polar surface area (TPSA) is 46.6 Å². The maximum Gasteiger partial charge on any atom is 0.260 e. The Morgan fingerprint density at radius 3 is 2.78 bits per heavy atom. The van der Waals surface area contributed by atoms with Gasteiger partial charge < -0.3 is 9.64 Å². The Kier molecular flexibility index (Phi) is 6.22. The van der Waals surface area contributed by atoms with Crippen LogP contribution in [0.4, 0.5) is 0 Å². The standard InChI is InChI=1S/C18H27NO3S/c1-13(2)17-6-5-16(11-14(17)3)22-12-18(20)19-8-10-23(21)9-7-15(19)4/h5-6,11,13,15H,7-10,12H2,1-4H3/t15-,23-/m1/s1. The molecule has 5 heteroatoms. The van der Waals surface area contributed by atoms with Crippen molar-refractivity contribution >= 4 is 16.7 Å². The average Bonchev–Trinajstić information content (AvgIpc) is 2.66. The molecule has 0 unspecified atom stereocenters. The monoisotopic (exact) mass is 337 g/mol. The normalized spacial score (nSPS) is 22.0. The fraction of sp³-hybridized carbons (Fsp3) is 0.611. The number of ether oxygens (including phenoxy) is 1. The van der Waals surface area contributed by atoms with Crippen LogP contribution in [0.5, 0.6) is 5.75 Å². The predicted molar refractivity (Wildman–Crippen MR) is 94.4 cm³/mol. The van der Waals surface area contributed by atoms with Crippen LogP contribution in [-0.4, -0.2) is 45.7 Å². The van der Waals surface area contributed by atoms with E-state index in [1.807, 2.05) is 19.1 Å². The highest BCUT2D eigenvalue weighted by Gasteiger charge is 2.24. The number of nitrogens with zero attached hydrogens (tertiary/aromatic N) is 1. The van der Waals surface area contributed by atoms with Gasteiger partial charge in [-0.1, -0.05) is 19.9 Å². The second-order valence-electron chi connectivity index (χ2n) is 6.53. The van der Waals surface area contributed by atoms with Gasteiger partial charge in [0.2, 0.25) is 0 Å². The van der Waals surface area contributed by atoms with E-state index in [1.165, 1.54) is 11.1 Å². The van der Waals surface area contributed by atoms with E-state index in [2.05, 4.69) is 26.8 Å². The molecule has 2 atom stereocenters. The predicted octanol–water partition coefficient (Wildman–Crippen LogP) is 2.87. The summed E-state index contributed by atoms with van der Waals surface area (Å²) in [7, 11) is -0.800. The molecule has 1 aromatic rings. The highest BCUT2D eigenvalue weighted by Crippen LogP contribution is 2.23. The second kappa shape index (κ2) is 7.95. The molecule has 1 fully saturated rings. The molecule has 0 aromatic heterocycles. The molecule has 1 heterocycles. The first-order valence-corrected chi connectivity index (χ1v) is 9.75. The molecule has 0 spiro atoms.